The van der Waals surface area contributed by atoms with Crippen LogP contribution in [0.3, 0.4) is 0 Å². The van der Waals surface area contributed by atoms with Crippen LogP contribution in [0, 0.1) is 6.92 Å². The van der Waals surface area contributed by atoms with Crippen LogP contribution < -0.4 is 10.1 Å². The number of hydrogen-bond acceptors (Lipinski definition) is 5. The summed E-state index contributed by atoms with van der Waals surface area (Å²) in [6.07, 6.45) is 8.21. The molecule has 0 spiro atoms. The summed E-state index contributed by atoms with van der Waals surface area (Å²) in [7, 11) is 0. The van der Waals surface area contributed by atoms with Crippen LogP contribution >= 0.6 is 0 Å². The number of ether oxygens (including phenoxy) is 1. The van der Waals surface area contributed by atoms with Gasteiger partial charge in [0.05, 0.1) is 0 Å². The largest absolute Gasteiger partial charge is 0.489 e. The van der Waals surface area contributed by atoms with Crippen molar-refractivity contribution in [2.45, 2.75) is 51.2 Å². The first-order valence-electron chi connectivity index (χ1n) is 10.7. The second-order valence-electron chi connectivity index (χ2n) is 7.95. The first-order chi connectivity index (χ1) is 15.1. The highest BCUT2D eigenvalue weighted by Crippen LogP contribution is 2.35. The van der Waals surface area contributed by atoms with Gasteiger partial charge in [0, 0.05) is 13.0 Å². The van der Waals surface area contributed by atoms with Crippen LogP contribution in [0.2, 0.25) is 0 Å². The van der Waals surface area contributed by atoms with Crippen LogP contribution in [0.4, 0.5) is 0 Å². The van der Waals surface area contributed by atoms with Gasteiger partial charge in [-0.2, -0.15) is 4.98 Å². The molecule has 1 N–H and O–H groups in total. The number of aromatic nitrogens is 2. The predicted octanol–water partition coefficient (Wildman–Crippen LogP) is 4.95. The summed E-state index contributed by atoms with van der Waals surface area (Å²) in [5.74, 6) is 1.72. The number of nitrogens with zero attached hydrogens (tertiary/aromatic N) is 2. The zero-order valence-corrected chi connectivity index (χ0v) is 17.7. The Morgan fingerprint density at radius 2 is 1.84 bits per heavy atom. The van der Waals surface area contributed by atoms with E-state index < -0.39 is 5.54 Å². The Morgan fingerprint density at radius 3 is 2.52 bits per heavy atom. The average Bonchev–Trinajstić information content (AvgIpc) is 3.25. The summed E-state index contributed by atoms with van der Waals surface area (Å²) in [5.41, 5.74) is 1.50. The summed E-state index contributed by atoms with van der Waals surface area (Å²) in [4.78, 5) is 17.1. The lowest BCUT2D eigenvalue weighted by Crippen LogP contribution is -2.47. The van der Waals surface area contributed by atoms with Crippen molar-refractivity contribution in [1.82, 2.24) is 15.5 Å². The van der Waals surface area contributed by atoms with Gasteiger partial charge >= 0.3 is 0 Å². The van der Waals surface area contributed by atoms with Gasteiger partial charge < -0.3 is 14.6 Å². The van der Waals surface area contributed by atoms with E-state index in [9.17, 15) is 4.79 Å². The van der Waals surface area contributed by atoms with Crippen LogP contribution in [0.25, 0.3) is 6.08 Å². The van der Waals surface area contributed by atoms with E-state index in [0.717, 1.165) is 49.0 Å². The lowest BCUT2D eigenvalue weighted by molar-refractivity contribution is -0.119. The maximum absolute atomic E-state index is 12.7. The monoisotopic (exact) mass is 417 g/mol. The highest BCUT2D eigenvalue weighted by molar-refractivity contribution is 5.92. The van der Waals surface area contributed by atoms with E-state index in [2.05, 4.69) is 15.5 Å². The third-order valence-electron chi connectivity index (χ3n) is 5.58. The van der Waals surface area contributed by atoms with Crippen LogP contribution in [-0.2, 0) is 16.9 Å². The molecule has 1 aliphatic carbocycles. The Morgan fingerprint density at radius 1 is 1.10 bits per heavy atom. The summed E-state index contributed by atoms with van der Waals surface area (Å²) in [6, 6.07) is 17.7. The quantitative estimate of drug-likeness (QED) is 0.551. The van der Waals surface area contributed by atoms with Crippen molar-refractivity contribution in [2.24, 2.45) is 0 Å². The lowest BCUT2D eigenvalue weighted by Gasteiger charge is -2.34. The molecule has 1 aromatic heterocycles. The smallest absolute Gasteiger partial charge is 0.244 e. The fourth-order valence-corrected chi connectivity index (χ4v) is 3.92. The molecule has 0 aliphatic heterocycles. The van der Waals surface area contributed by atoms with Gasteiger partial charge in [0.1, 0.15) is 17.9 Å². The second-order valence-corrected chi connectivity index (χ2v) is 7.95. The highest BCUT2D eigenvalue weighted by Gasteiger charge is 2.39. The Hall–Kier alpha value is -3.41. The van der Waals surface area contributed by atoms with Gasteiger partial charge in [-0.3, -0.25) is 4.79 Å². The molecule has 0 radical (unpaired) electrons. The number of rotatable bonds is 7. The minimum Gasteiger partial charge on any atom is -0.489 e. The topological polar surface area (TPSA) is 77.2 Å². The molecule has 1 amide bonds. The summed E-state index contributed by atoms with van der Waals surface area (Å²) in [5, 5.41) is 7.24. The van der Waals surface area contributed by atoms with Gasteiger partial charge in [-0.05, 0) is 42.2 Å². The molecule has 0 saturated heterocycles. The zero-order valence-electron chi connectivity index (χ0n) is 17.7. The van der Waals surface area contributed by atoms with Crippen LogP contribution in [-0.4, -0.2) is 16.0 Å². The zero-order chi connectivity index (χ0) is 21.5. The number of nitrogens with one attached hydrogen (secondary N) is 1. The van der Waals surface area contributed by atoms with E-state index in [1.807, 2.05) is 54.6 Å². The van der Waals surface area contributed by atoms with Gasteiger partial charge in [0.15, 0.2) is 5.82 Å². The summed E-state index contributed by atoms with van der Waals surface area (Å²) < 4.78 is 11.0. The van der Waals surface area contributed by atoms with Crippen LogP contribution in [0.5, 0.6) is 5.75 Å². The number of aryl methyl sites for hydroxylation is 1. The summed E-state index contributed by atoms with van der Waals surface area (Å²) in [6.45, 7) is 2.29. The molecule has 6 nitrogen and oxygen atoms in total. The van der Waals surface area contributed by atoms with Crippen molar-refractivity contribution in [2.75, 3.05) is 0 Å². The maximum atomic E-state index is 12.7. The third-order valence-corrected chi connectivity index (χ3v) is 5.58. The van der Waals surface area contributed by atoms with Crippen LogP contribution in [0.1, 0.15) is 54.9 Å². The van der Waals surface area contributed by atoms with E-state index in [1.165, 1.54) is 0 Å². The average molecular weight is 418 g/mol. The van der Waals surface area contributed by atoms with E-state index in [-0.39, 0.29) is 5.91 Å². The molecule has 3 aromatic rings. The molecule has 4 rings (SSSR count). The van der Waals surface area contributed by atoms with E-state index in [0.29, 0.717) is 18.3 Å². The second kappa shape index (κ2) is 9.60. The SMILES string of the molecule is Cc1nc(C2(NC(=O)/C=C/c3ccc(OCc4ccccc4)cc3)CCCCC2)no1. The molecular weight excluding hydrogens is 390 g/mol. The van der Waals surface area contributed by atoms with E-state index in [4.69, 9.17) is 9.26 Å². The molecule has 6 heteroatoms. The molecular formula is C25H27N3O3. The third kappa shape index (κ3) is 5.40. The Labute approximate surface area is 182 Å². The van der Waals surface area contributed by atoms with Crippen molar-refractivity contribution in [3.05, 3.63) is 83.5 Å². The first-order valence-corrected chi connectivity index (χ1v) is 10.7. The standard InChI is InChI=1S/C25H27N3O3/c1-19-26-24(28-31-19)25(16-6-3-7-17-25)27-23(29)15-12-20-10-13-22(14-11-20)30-18-21-8-4-2-5-9-21/h2,4-5,8-15H,3,6-7,16-18H2,1H3,(H,27,29)/b15-12+. The van der Waals surface area contributed by atoms with Crippen molar-refractivity contribution < 1.29 is 14.1 Å². The van der Waals surface area contributed by atoms with Crippen molar-refractivity contribution in [3.63, 3.8) is 0 Å². The normalized spacial score (nSPS) is 15.6. The molecule has 31 heavy (non-hydrogen) atoms. The van der Waals surface area contributed by atoms with E-state index >= 15 is 0 Å². The molecule has 1 fully saturated rings. The van der Waals surface area contributed by atoms with Gasteiger partial charge in [-0.15, -0.1) is 0 Å². The van der Waals surface area contributed by atoms with Gasteiger partial charge in [0.25, 0.3) is 0 Å². The maximum Gasteiger partial charge on any atom is 0.244 e. The number of amides is 1. The minimum atomic E-state index is -0.549. The van der Waals surface area contributed by atoms with Gasteiger partial charge in [-0.25, -0.2) is 0 Å². The molecule has 1 aliphatic rings. The minimum absolute atomic E-state index is 0.159. The fraction of sp³-hybridized carbons (Fsp3) is 0.320. The van der Waals surface area contributed by atoms with Crippen molar-refractivity contribution in [3.8, 4) is 5.75 Å². The van der Waals surface area contributed by atoms with Gasteiger partial charge in [0.2, 0.25) is 11.8 Å². The van der Waals surface area contributed by atoms with Crippen LogP contribution in [0.15, 0.2) is 65.2 Å². The Kier molecular flexibility index (Phi) is 6.46. The fourth-order valence-electron chi connectivity index (χ4n) is 3.92. The number of hydrogen-bond donors (Lipinski definition) is 1. The molecule has 0 bridgehead atoms. The molecule has 0 unspecified atom stereocenters. The molecule has 1 heterocycles. The molecule has 2 aromatic carbocycles. The highest BCUT2D eigenvalue weighted by atomic mass is 16.5. The lowest BCUT2D eigenvalue weighted by atomic mass is 9.81. The molecule has 0 atom stereocenters. The number of carbonyl (C=O) groups excluding carboxylic acids is 1. The van der Waals surface area contributed by atoms with Crippen molar-refractivity contribution in [1.29, 1.82) is 0 Å². The van der Waals surface area contributed by atoms with E-state index in [1.54, 1.807) is 19.1 Å². The molecule has 160 valence electrons. The Bertz CT molecular complexity index is 1020. The van der Waals surface area contributed by atoms with Crippen molar-refractivity contribution >= 4 is 12.0 Å². The number of carbonyl (C=O) groups is 1. The molecule has 1 saturated carbocycles. The number of benzene rings is 2. The summed E-state index contributed by atoms with van der Waals surface area (Å²) >= 11 is 0. The van der Waals surface area contributed by atoms with Gasteiger partial charge in [-0.1, -0.05) is 66.9 Å². The first kappa shape index (κ1) is 20.8. The predicted molar refractivity (Wildman–Crippen MR) is 118 cm³/mol. The Balaban J connectivity index is 1.36.